The van der Waals surface area contributed by atoms with Crippen LogP contribution in [-0.2, 0) is 9.59 Å². The summed E-state index contributed by atoms with van der Waals surface area (Å²) in [7, 11) is 0. The molecule has 0 amide bonds. The van der Waals surface area contributed by atoms with Crippen LogP contribution in [0.25, 0.3) is 0 Å². The number of rotatable bonds is 4. The summed E-state index contributed by atoms with van der Waals surface area (Å²) in [5.41, 5.74) is -0.413. The maximum absolute atomic E-state index is 12.3. The maximum Gasteiger partial charge on any atom is 0.307 e. The molecule has 2 unspecified atom stereocenters. The molecule has 0 saturated heterocycles. The molecule has 0 radical (unpaired) electrons. The molecule has 0 aromatic heterocycles. The van der Waals surface area contributed by atoms with Gasteiger partial charge in [-0.3, -0.25) is 9.59 Å². The number of Topliss-reactive ketones (excluding diaryl/α,β-unsaturated/α-hetero) is 1. The van der Waals surface area contributed by atoms with Gasteiger partial charge in [0.25, 0.3) is 0 Å². The molecule has 16 heavy (non-hydrogen) atoms. The number of hydrogen-bond acceptors (Lipinski definition) is 2. The van der Waals surface area contributed by atoms with Gasteiger partial charge in [0.2, 0.25) is 0 Å². The summed E-state index contributed by atoms with van der Waals surface area (Å²) >= 11 is 0. The number of hydrogen-bond donors (Lipinski definition) is 1. The van der Waals surface area contributed by atoms with Crippen molar-refractivity contribution in [3.8, 4) is 0 Å². The van der Waals surface area contributed by atoms with Crippen molar-refractivity contribution in [2.75, 3.05) is 0 Å². The zero-order valence-electron chi connectivity index (χ0n) is 10.2. The van der Waals surface area contributed by atoms with E-state index in [4.69, 9.17) is 5.11 Å². The predicted octanol–water partition coefficient (Wildman–Crippen LogP) is 2.66. The molecule has 3 nitrogen and oxygen atoms in total. The normalized spacial score (nSPS) is 25.4. The quantitative estimate of drug-likeness (QED) is 0.747. The fourth-order valence-electron chi connectivity index (χ4n) is 2.05. The van der Waals surface area contributed by atoms with Crippen molar-refractivity contribution in [1.29, 1.82) is 0 Å². The first-order chi connectivity index (χ1) is 7.40. The summed E-state index contributed by atoms with van der Waals surface area (Å²) in [6.45, 7) is 5.76. The molecule has 0 saturated carbocycles. The van der Waals surface area contributed by atoms with Gasteiger partial charge in [-0.05, 0) is 19.3 Å². The van der Waals surface area contributed by atoms with Crippen LogP contribution in [0.2, 0.25) is 0 Å². The molecule has 1 N–H and O–H groups in total. The summed E-state index contributed by atoms with van der Waals surface area (Å²) in [6, 6.07) is 0. The smallest absolute Gasteiger partial charge is 0.307 e. The lowest BCUT2D eigenvalue weighted by atomic mass is 9.71. The van der Waals surface area contributed by atoms with Gasteiger partial charge in [-0.15, -0.1) is 0 Å². The van der Waals surface area contributed by atoms with Gasteiger partial charge in [-0.1, -0.05) is 32.9 Å². The van der Waals surface area contributed by atoms with Crippen molar-refractivity contribution >= 4 is 11.8 Å². The molecule has 3 heteroatoms. The van der Waals surface area contributed by atoms with E-state index >= 15 is 0 Å². The molecule has 1 rings (SSSR count). The molecule has 1 aliphatic rings. The van der Waals surface area contributed by atoms with Gasteiger partial charge in [-0.25, -0.2) is 0 Å². The fraction of sp³-hybridized carbons (Fsp3) is 0.692. The third-order valence-corrected chi connectivity index (χ3v) is 3.64. The van der Waals surface area contributed by atoms with Crippen molar-refractivity contribution in [1.82, 2.24) is 0 Å². The lowest BCUT2D eigenvalue weighted by Gasteiger charge is -2.31. The van der Waals surface area contributed by atoms with Gasteiger partial charge >= 0.3 is 5.97 Å². The van der Waals surface area contributed by atoms with Crippen LogP contribution in [0.4, 0.5) is 0 Å². The number of carbonyl (C=O) groups is 2. The Hall–Kier alpha value is -1.12. The van der Waals surface area contributed by atoms with Crippen LogP contribution in [0.3, 0.4) is 0 Å². The minimum Gasteiger partial charge on any atom is -0.481 e. The van der Waals surface area contributed by atoms with Crippen molar-refractivity contribution in [2.24, 2.45) is 17.3 Å². The fourth-order valence-corrected chi connectivity index (χ4v) is 2.05. The number of carbonyl (C=O) groups excluding carboxylic acids is 1. The van der Waals surface area contributed by atoms with Crippen LogP contribution in [0.5, 0.6) is 0 Å². The molecule has 1 aliphatic carbocycles. The Balaban J connectivity index is 2.89. The second kappa shape index (κ2) is 4.81. The van der Waals surface area contributed by atoms with E-state index in [1.807, 2.05) is 32.9 Å². The standard InChI is InChI=1S/C13H20O3/c1-4-13(2,3)11(14)9-7-5-6-8-10(9)12(15)16/h5-6,9-10H,4,7-8H2,1-3H3,(H,15,16). The van der Waals surface area contributed by atoms with E-state index in [1.165, 1.54) is 0 Å². The van der Waals surface area contributed by atoms with Crippen LogP contribution < -0.4 is 0 Å². The van der Waals surface area contributed by atoms with Crippen LogP contribution in [0, 0.1) is 17.3 Å². The van der Waals surface area contributed by atoms with E-state index in [9.17, 15) is 9.59 Å². The molecular formula is C13H20O3. The highest BCUT2D eigenvalue weighted by Gasteiger charge is 2.39. The molecule has 90 valence electrons. The van der Waals surface area contributed by atoms with Gasteiger partial charge in [0.1, 0.15) is 5.78 Å². The van der Waals surface area contributed by atoms with Gasteiger partial charge in [0.05, 0.1) is 5.92 Å². The van der Waals surface area contributed by atoms with E-state index in [0.29, 0.717) is 12.8 Å². The average molecular weight is 224 g/mol. The minimum atomic E-state index is -0.852. The van der Waals surface area contributed by atoms with E-state index < -0.39 is 17.3 Å². The predicted molar refractivity (Wildman–Crippen MR) is 62.1 cm³/mol. The Morgan fingerprint density at radius 3 is 2.19 bits per heavy atom. The van der Waals surface area contributed by atoms with Gasteiger partial charge < -0.3 is 5.11 Å². The Kier molecular flexibility index (Phi) is 3.89. The van der Waals surface area contributed by atoms with Gasteiger partial charge in [0, 0.05) is 11.3 Å². The molecule has 0 bridgehead atoms. The maximum atomic E-state index is 12.3. The number of allylic oxidation sites excluding steroid dienone is 2. The van der Waals surface area contributed by atoms with Crippen molar-refractivity contribution in [3.05, 3.63) is 12.2 Å². The Morgan fingerprint density at radius 1 is 1.25 bits per heavy atom. The largest absolute Gasteiger partial charge is 0.481 e. The second-order valence-corrected chi connectivity index (χ2v) is 5.10. The third kappa shape index (κ3) is 2.52. The Labute approximate surface area is 96.5 Å². The summed E-state index contributed by atoms with van der Waals surface area (Å²) < 4.78 is 0. The van der Waals surface area contributed by atoms with Crippen LogP contribution in [0.1, 0.15) is 40.0 Å². The van der Waals surface area contributed by atoms with Crippen LogP contribution in [0.15, 0.2) is 12.2 Å². The highest BCUT2D eigenvalue weighted by molar-refractivity contribution is 5.90. The van der Waals surface area contributed by atoms with E-state index in [2.05, 4.69) is 0 Å². The first-order valence-corrected chi connectivity index (χ1v) is 5.82. The minimum absolute atomic E-state index is 0.0896. The number of carboxylic acid groups (broad SMARTS) is 1. The van der Waals surface area contributed by atoms with Gasteiger partial charge in [-0.2, -0.15) is 0 Å². The lowest BCUT2D eigenvalue weighted by molar-refractivity contribution is -0.149. The summed E-state index contributed by atoms with van der Waals surface area (Å²) in [4.78, 5) is 23.4. The average Bonchev–Trinajstić information content (AvgIpc) is 2.28. The second-order valence-electron chi connectivity index (χ2n) is 5.10. The summed E-state index contributed by atoms with van der Waals surface area (Å²) in [5.74, 6) is -1.65. The molecule has 0 aromatic carbocycles. The zero-order valence-corrected chi connectivity index (χ0v) is 10.2. The monoisotopic (exact) mass is 224 g/mol. The molecule has 0 aliphatic heterocycles. The van der Waals surface area contributed by atoms with Crippen molar-refractivity contribution in [3.63, 3.8) is 0 Å². The number of aliphatic carboxylic acids is 1. The van der Waals surface area contributed by atoms with E-state index in [-0.39, 0.29) is 11.7 Å². The Bertz CT molecular complexity index is 315. The molecule has 0 spiro atoms. The molecule has 2 atom stereocenters. The highest BCUT2D eigenvalue weighted by Crippen LogP contribution is 2.34. The van der Waals surface area contributed by atoms with E-state index in [0.717, 1.165) is 6.42 Å². The molecular weight excluding hydrogens is 204 g/mol. The zero-order chi connectivity index (χ0) is 12.3. The third-order valence-electron chi connectivity index (χ3n) is 3.64. The highest BCUT2D eigenvalue weighted by atomic mass is 16.4. The summed E-state index contributed by atoms with van der Waals surface area (Å²) in [5, 5.41) is 9.11. The van der Waals surface area contributed by atoms with Crippen molar-refractivity contribution < 1.29 is 14.7 Å². The number of carboxylic acids is 1. The van der Waals surface area contributed by atoms with Crippen molar-refractivity contribution in [2.45, 2.75) is 40.0 Å². The molecule has 0 fully saturated rings. The Morgan fingerprint density at radius 2 is 1.75 bits per heavy atom. The first-order valence-electron chi connectivity index (χ1n) is 5.82. The first kappa shape index (κ1) is 12.9. The van der Waals surface area contributed by atoms with Crippen LogP contribution in [-0.4, -0.2) is 16.9 Å². The molecule has 0 aromatic rings. The number of ketones is 1. The van der Waals surface area contributed by atoms with E-state index in [1.54, 1.807) is 0 Å². The SMILES string of the molecule is CCC(C)(C)C(=O)C1CC=CCC1C(=O)O. The molecule has 0 heterocycles. The van der Waals surface area contributed by atoms with Gasteiger partial charge in [0.15, 0.2) is 0 Å². The topological polar surface area (TPSA) is 54.4 Å². The van der Waals surface area contributed by atoms with Crippen LogP contribution >= 0.6 is 0 Å². The summed E-state index contributed by atoms with van der Waals surface area (Å²) in [6.07, 6.45) is 5.58. The lowest BCUT2D eigenvalue weighted by Crippen LogP contribution is -2.38.